The molecule has 0 heterocycles. The fourth-order valence-electron chi connectivity index (χ4n) is 4.10. The molecule has 0 aromatic rings. The van der Waals surface area contributed by atoms with Gasteiger partial charge in [-0.1, -0.05) is 103 Å². The Kier molecular flexibility index (Phi) is 24.3. The third-order valence-corrected chi connectivity index (χ3v) is 7.64. The Morgan fingerprint density at radius 3 is 1.68 bits per heavy atom. The van der Waals surface area contributed by atoms with E-state index in [1.54, 1.807) is 0 Å². The van der Waals surface area contributed by atoms with Gasteiger partial charge in [0.2, 0.25) is 11.8 Å². The SMILES string of the molecule is CCCCCCCCCCCCCCCCCCSC[C@H](NC(=O)CC[C@H](N)C(=O)O)C(=O)NCC(=O)O. The molecule has 10 heteroatoms. The van der Waals surface area contributed by atoms with Gasteiger partial charge in [0, 0.05) is 12.2 Å². The number of carboxylic acid groups (broad SMARTS) is 2. The zero-order chi connectivity index (χ0) is 28.4. The van der Waals surface area contributed by atoms with Gasteiger partial charge in [0.15, 0.2) is 0 Å². The molecule has 0 unspecified atom stereocenters. The third kappa shape index (κ3) is 23.3. The van der Waals surface area contributed by atoms with Crippen LogP contribution >= 0.6 is 11.8 Å². The van der Waals surface area contributed by atoms with E-state index >= 15 is 0 Å². The number of unbranched alkanes of at least 4 members (excludes halogenated alkanes) is 15. The van der Waals surface area contributed by atoms with Crippen molar-refractivity contribution in [2.45, 2.75) is 135 Å². The number of nitrogens with two attached hydrogens (primary N) is 1. The van der Waals surface area contributed by atoms with Crippen LogP contribution in [0.25, 0.3) is 0 Å². The van der Waals surface area contributed by atoms with Gasteiger partial charge in [0.05, 0.1) is 0 Å². The normalized spacial score (nSPS) is 12.6. The Balaban J connectivity index is 3.90. The maximum atomic E-state index is 12.3. The Morgan fingerprint density at radius 1 is 0.763 bits per heavy atom. The molecule has 0 spiro atoms. The lowest BCUT2D eigenvalue weighted by Gasteiger charge is -2.18. The summed E-state index contributed by atoms with van der Waals surface area (Å²) in [5.74, 6) is -2.25. The summed E-state index contributed by atoms with van der Waals surface area (Å²) in [4.78, 5) is 46.0. The van der Waals surface area contributed by atoms with E-state index in [1.807, 2.05) is 0 Å². The van der Waals surface area contributed by atoms with E-state index in [9.17, 15) is 19.2 Å². The van der Waals surface area contributed by atoms with E-state index in [2.05, 4.69) is 17.6 Å². The molecule has 2 atom stereocenters. The molecule has 6 N–H and O–H groups in total. The molecular weight excluding hydrogens is 506 g/mol. The average Bonchev–Trinajstić information content (AvgIpc) is 2.88. The largest absolute Gasteiger partial charge is 0.480 e. The predicted molar refractivity (Wildman–Crippen MR) is 154 cm³/mol. The summed E-state index contributed by atoms with van der Waals surface area (Å²) >= 11 is 1.54. The fraction of sp³-hybridized carbons (Fsp3) is 0.857. The van der Waals surface area contributed by atoms with Gasteiger partial charge in [-0.05, 0) is 18.6 Å². The van der Waals surface area contributed by atoms with E-state index < -0.39 is 42.4 Å². The zero-order valence-corrected chi connectivity index (χ0v) is 24.3. The van der Waals surface area contributed by atoms with Crippen molar-refractivity contribution in [2.75, 3.05) is 18.1 Å². The first kappa shape index (κ1) is 36.2. The second-order valence-electron chi connectivity index (χ2n) is 10.1. The van der Waals surface area contributed by atoms with Crippen molar-refractivity contribution in [1.29, 1.82) is 0 Å². The summed E-state index contributed by atoms with van der Waals surface area (Å²) in [6, 6.07) is -2.03. The molecular formula is C28H53N3O6S. The second-order valence-corrected chi connectivity index (χ2v) is 11.2. The van der Waals surface area contributed by atoms with Crippen LogP contribution in [0.5, 0.6) is 0 Å². The number of amides is 2. The topological polar surface area (TPSA) is 159 Å². The number of carboxylic acids is 2. The summed E-state index contributed by atoms with van der Waals surface area (Å²) in [7, 11) is 0. The standard InChI is InChI=1S/C28H53N3O6S/c1-2-3-4-5-6-7-8-9-10-11-12-13-14-15-16-17-20-38-22-24(27(35)30-21-26(33)34)31-25(32)19-18-23(29)28(36)37/h23-24H,2-22,29H2,1H3,(H,30,35)(H,31,32)(H,33,34)(H,36,37)/t23-,24-/m0/s1. The predicted octanol–water partition coefficient (Wildman–Crippen LogP) is 4.86. The number of rotatable bonds is 27. The Hall–Kier alpha value is -1.81. The van der Waals surface area contributed by atoms with Crippen LogP contribution in [0.15, 0.2) is 0 Å². The molecule has 222 valence electrons. The van der Waals surface area contributed by atoms with Crippen LogP contribution < -0.4 is 16.4 Å². The summed E-state index contributed by atoms with van der Waals surface area (Å²) in [5.41, 5.74) is 5.42. The van der Waals surface area contributed by atoms with Crippen molar-refractivity contribution < 1.29 is 29.4 Å². The lowest BCUT2D eigenvalue weighted by Crippen LogP contribution is -2.49. The summed E-state index contributed by atoms with van der Waals surface area (Å²) in [5, 5.41) is 22.5. The number of carbonyl (C=O) groups is 4. The van der Waals surface area contributed by atoms with Gasteiger partial charge in [0.25, 0.3) is 0 Å². The molecule has 0 rings (SSSR count). The number of hydrogen-bond donors (Lipinski definition) is 5. The molecule has 38 heavy (non-hydrogen) atoms. The second kappa shape index (κ2) is 25.5. The summed E-state index contributed by atoms with van der Waals surface area (Å²) < 4.78 is 0. The van der Waals surface area contributed by atoms with Crippen molar-refractivity contribution >= 4 is 35.5 Å². The lowest BCUT2D eigenvalue weighted by molar-refractivity contribution is -0.139. The van der Waals surface area contributed by atoms with E-state index in [0.29, 0.717) is 5.75 Å². The molecule has 9 nitrogen and oxygen atoms in total. The van der Waals surface area contributed by atoms with Crippen LogP contribution in [0.2, 0.25) is 0 Å². The fourth-order valence-corrected chi connectivity index (χ4v) is 5.14. The highest BCUT2D eigenvalue weighted by Gasteiger charge is 2.22. The van der Waals surface area contributed by atoms with E-state index in [0.717, 1.165) is 18.6 Å². The molecule has 0 aliphatic heterocycles. The highest BCUT2D eigenvalue weighted by Crippen LogP contribution is 2.15. The van der Waals surface area contributed by atoms with Gasteiger partial charge in [0.1, 0.15) is 18.6 Å². The molecule has 0 aliphatic carbocycles. The number of nitrogens with one attached hydrogen (secondary N) is 2. The highest BCUT2D eigenvalue weighted by molar-refractivity contribution is 7.99. The van der Waals surface area contributed by atoms with E-state index in [1.165, 1.54) is 102 Å². The van der Waals surface area contributed by atoms with Crippen LogP contribution in [0, 0.1) is 0 Å². The molecule has 0 aromatic carbocycles. The maximum absolute atomic E-state index is 12.3. The first-order valence-electron chi connectivity index (χ1n) is 14.6. The van der Waals surface area contributed by atoms with Crippen LogP contribution in [-0.4, -0.2) is 64.1 Å². The minimum atomic E-state index is -1.19. The smallest absolute Gasteiger partial charge is 0.322 e. The van der Waals surface area contributed by atoms with Crippen molar-refractivity contribution in [2.24, 2.45) is 5.73 Å². The first-order chi connectivity index (χ1) is 18.3. The highest BCUT2D eigenvalue weighted by atomic mass is 32.2. The van der Waals surface area contributed by atoms with Gasteiger partial charge >= 0.3 is 11.9 Å². The molecule has 2 amide bonds. The molecule has 0 bridgehead atoms. The maximum Gasteiger partial charge on any atom is 0.322 e. The van der Waals surface area contributed by atoms with Gasteiger partial charge < -0.3 is 26.6 Å². The Labute approximate surface area is 233 Å². The molecule has 0 aliphatic rings. The molecule has 0 aromatic heterocycles. The van der Waals surface area contributed by atoms with Gasteiger partial charge in [-0.25, -0.2) is 0 Å². The minimum Gasteiger partial charge on any atom is -0.480 e. The first-order valence-corrected chi connectivity index (χ1v) is 15.8. The number of hydrogen-bond acceptors (Lipinski definition) is 6. The van der Waals surface area contributed by atoms with Crippen molar-refractivity contribution in [1.82, 2.24) is 10.6 Å². The monoisotopic (exact) mass is 559 g/mol. The number of carbonyl (C=O) groups excluding carboxylic acids is 2. The van der Waals surface area contributed by atoms with Crippen molar-refractivity contribution in [3.8, 4) is 0 Å². The van der Waals surface area contributed by atoms with Gasteiger partial charge in [-0.3, -0.25) is 19.2 Å². The quantitative estimate of drug-likeness (QED) is 0.0892. The molecule has 0 saturated carbocycles. The molecule has 0 saturated heterocycles. The zero-order valence-electron chi connectivity index (χ0n) is 23.5. The van der Waals surface area contributed by atoms with Crippen LogP contribution in [-0.2, 0) is 19.2 Å². The van der Waals surface area contributed by atoms with Gasteiger partial charge in [-0.15, -0.1) is 0 Å². The number of aliphatic carboxylic acids is 2. The average molecular weight is 560 g/mol. The lowest BCUT2D eigenvalue weighted by atomic mass is 10.0. The molecule has 0 fully saturated rings. The van der Waals surface area contributed by atoms with Crippen LogP contribution in [0.3, 0.4) is 0 Å². The van der Waals surface area contributed by atoms with Gasteiger partial charge in [-0.2, -0.15) is 11.8 Å². The summed E-state index contributed by atoms with van der Waals surface area (Å²) in [6.07, 6.45) is 20.7. The Bertz CT molecular complexity index is 650. The van der Waals surface area contributed by atoms with Crippen molar-refractivity contribution in [3.05, 3.63) is 0 Å². The Morgan fingerprint density at radius 2 is 1.24 bits per heavy atom. The summed E-state index contributed by atoms with van der Waals surface area (Å²) in [6.45, 7) is 1.73. The van der Waals surface area contributed by atoms with E-state index in [-0.39, 0.29) is 12.8 Å². The van der Waals surface area contributed by atoms with E-state index in [4.69, 9.17) is 15.9 Å². The van der Waals surface area contributed by atoms with Crippen LogP contribution in [0.1, 0.15) is 122 Å². The number of thioether (sulfide) groups is 1. The molecule has 0 radical (unpaired) electrons. The third-order valence-electron chi connectivity index (χ3n) is 6.49. The van der Waals surface area contributed by atoms with Crippen LogP contribution in [0.4, 0.5) is 0 Å². The van der Waals surface area contributed by atoms with Crippen molar-refractivity contribution in [3.63, 3.8) is 0 Å². The minimum absolute atomic E-state index is 0.0447.